The molecular weight excluding hydrogens is 353 g/mol. The predicted molar refractivity (Wildman–Crippen MR) is 96.8 cm³/mol. The zero-order valence-electron chi connectivity index (χ0n) is 11.7. The average Bonchev–Trinajstić information content (AvgIpc) is 2.51. The zero-order chi connectivity index (χ0) is 16.4. The summed E-state index contributed by atoms with van der Waals surface area (Å²) in [4.78, 5) is 12.2. The molecule has 0 aliphatic rings. The van der Waals surface area contributed by atoms with E-state index in [2.05, 4.69) is 4.72 Å². The third-order valence-corrected chi connectivity index (χ3v) is 4.50. The molecule has 0 aliphatic heterocycles. The van der Waals surface area contributed by atoms with E-state index >= 15 is 0 Å². The Labute approximate surface area is 147 Å². The lowest BCUT2D eigenvalue weighted by molar-refractivity contribution is 0.0699. The normalized spacial score (nSPS) is 10.7. The predicted octanol–water partition coefficient (Wildman–Crippen LogP) is 5.96. The molecule has 3 aromatic rings. The maximum Gasteiger partial charge on any atom is 0.336 e. The molecule has 3 nitrogen and oxygen atoms in total. The van der Waals surface area contributed by atoms with Gasteiger partial charge in [-0.15, -0.1) is 0 Å². The van der Waals surface area contributed by atoms with Crippen LogP contribution in [0.4, 0.5) is 5.69 Å². The van der Waals surface area contributed by atoms with Crippen LogP contribution in [0.5, 0.6) is 0 Å². The second kappa shape index (κ2) is 6.71. The van der Waals surface area contributed by atoms with E-state index in [9.17, 15) is 9.90 Å². The number of nitrogens with one attached hydrogen (secondary N) is 1. The number of rotatable bonds is 4. The molecule has 0 atom stereocenters. The van der Waals surface area contributed by atoms with Crippen LogP contribution in [0.25, 0.3) is 10.8 Å². The van der Waals surface area contributed by atoms with Crippen LogP contribution in [0, 0.1) is 0 Å². The summed E-state index contributed by atoms with van der Waals surface area (Å²) in [5.74, 6) is -0.943. The summed E-state index contributed by atoms with van der Waals surface area (Å²) in [6.45, 7) is 0. The van der Waals surface area contributed by atoms with E-state index in [0.29, 0.717) is 15.4 Å². The van der Waals surface area contributed by atoms with Gasteiger partial charge in [-0.05, 0) is 47.7 Å². The molecule has 0 spiro atoms. The number of carboxylic acids is 1. The van der Waals surface area contributed by atoms with Gasteiger partial charge < -0.3 is 9.83 Å². The molecule has 0 fully saturated rings. The Kier molecular flexibility index (Phi) is 4.66. The molecule has 0 saturated heterocycles. The number of halogens is 2. The summed E-state index contributed by atoms with van der Waals surface area (Å²) >= 11 is 13.3. The number of fused-ring (bicyclic) bond motifs is 1. The van der Waals surface area contributed by atoms with Gasteiger partial charge in [0.05, 0.1) is 11.3 Å². The molecule has 0 saturated carbocycles. The first-order chi connectivity index (χ1) is 11.0. The maximum absolute atomic E-state index is 11.3. The van der Waals surface area contributed by atoms with Crippen molar-refractivity contribution in [3.63, 3.8) is 0 Å². The lowest BCUT2D eigenvalue weighted by Crippen LogP contribution is -1.98. The molecule has 2 N–H and O–H groups in total. The van der Waals surface area contributed by atoms with Gasteiger partial charge in [-0.1, -0.05) is 47.5 Å². The summed E-state index contributed by atoms with van der Waals surface area (Å²) in [6.07, 6.45) is 0. The molecule has 0 radical (unpaired) electrons. The zero-order valence-corrected chi connectivity index (χ0v) is 14.0. The topological polar surface area (TPSA) is 49.3 Å². The van der Waals surface area contributed by atoms with E-state index in [1.54, 1.807) is 36.4 Å². The molecule has 0 aromatic heterocycles. The fraction of sp³-hybridized carbons (Fsp3) is 0. The Morgan fingerprint density at radius 2 is 1.61 bits per heavy atom. The monoisotopic (exact) mass is 363 g/mol. The molecule has 6 heteroatoms. The van der Waals surface area contributed by atoms with Crippen LogP contribution in [0.15, 0.2) is 59.5 Å². The van der Waals surface area contributed by atoms with Crippen LogP contribution in [0.2, 0.25) is 10.0 Å². The Hall–Kier alpha value is -1.88. The first-order valence-electron chi connectivity index (χ1n) is 6.68. The molecule has 0 amide bonds. The lowest BCUT2D eigenvalue weighted by Gasteiger charge is -2.11. The standard InChI is InChI=1S/C17H11Cl2NO2S/c18-10-7-11(19)9-12(8-10)23-20-16-6-2-3-13-14(16)4-1-5-15(13)17(21)22/h1-9,20H,(H,21,22). The number of benzene rings is 3. The fourth-order valence-electron chi connectivity index (χ4n) is 2.29. The van der Waals surface area contributed by atoms with E-state index in [1.165, 1.54) is 11.9 Å². The van der Waals surface area contributed by atoms with Gasteiger partial charge in [0.15, 0.2) is 0 Å². The molecule has 3 rings (SSSR count). The van der Waals surface area contributed by atoms with Crippen molar-refractivity contribution in [1.29, 1.82) is 0 Å². The number of carboxylic acid groups (broad SMARTS) is 1. The Bertz CT molecular complexity index is 879. The summed E-state index contributed by atoms with van der Waals surface area (Å²) in [7, 11) is 0. The van der Waals surface area contributed by atoms with Gasteiger partial charge in [0.1, 0.15) is 0 Å². The largest absolute Gasteiger partial charge is 0.478 e. The van der Waals surface area contributed by atoms with Crippen LogP contribution in [0.1, 0.15) is 10.4 Å². The highest BCUT2D eigenvalue weighted by atomic mass is 35.5. The van der Waals surface area contributed by atoms with Gasteiger partial charge >= 0.3 is 5.97 Å². The molecule has 0 bridgehead atoms. The molecule has 116 valence electrons. The van der Waals surface area contributed by atoms with Gasteiger partial charge in [-0.2, -0.15) is 0 Å². The van der Waals surface area contributed by atoms with Gasteiger partial charge in [0, 0.05) is 20.3 Å². The van der Waals surface area contributed by atoms with Crippen molar-refractivity contribution in [2.75, 3.05) is 4.72 Å². The van der Waals surface area contributed by atoms with E-state index in [-0.39, 0.29) is 5.56 Å². The van der Waals surface area contributed by atoms with Crippen molar-refractivity contribution in [3.05, 3.63) is 70.2 Å². The van der Waals surface area contributed by atoms with Crippen molar-refractivity contribution in [3.8, 4) is 0 Å². The number of carbonyl (C=O) groups is 1. The SMILES string of the molecule is O=C(O)c1cccc2c(NSc3cc(Cl)cc(Cl)c3)cccc12. The molecule has 0 heterocycles. The smallest absolute Gasteiger partial charge is 0.336 e. The van der Waals surface area contributed by atoms with E-state index < -0.39 is 5.97 Å². The minimum Gasteiger partial charge on any atom is -0.478 e. The number of hydrogen-bond donors (Lipinski definition) is 2. The molecule has 3 aromatic carbocycles. The van der Waals surface area contributed by atoms with Crippen molar-refractivity contribution in [2.45, 2.75) is 4.90 Å². The highest BCUT2D eigenvalue weighted by Gasteiger charge is 2.10. The van der Waals surface area contributed by atoms with Gasteiger partial charge in [-0.25, -0.2) is 4.79 Å². The molecule has 0 aliphatic carbocycles. The second-order valence-corrected chi connectivity index (χ2v) is 6.57. The van der Waals surface area contributed by atoms with Crippen molar-refractivity contribution < 1.29 is 9.90 Å². The highest BCUT2D eigenvalue weighted by Crippen LogP contribution is 2.32. The van der Waals surface area contributed by atoms with E-state index in [1.807, 2.05) is 18.2 Å². The Morgan fingerprint density at radius 3 is 2.30 bits per heavy atom. The van der Waals surface area contributed by atoms with E-state index in [0.717, 1.165) is 16.0 Å². The van der Waals surface area contributed by atoms with Crippen LogP contribution in [-0.4, -0.2) is 11.1 Å². The number of anilines is 1. The maximum atomic E-state index is 11.3. The van der Waals surface area contributed by atoms with Crippen molar-refractivity contribution >= 4 is 57.6 Å². The highest BCUT2D eigenvalue weighted by molar-refractivity contribution is 8.00. The Morgan fingerprint density at radius 1 is 0.957 bits per heavy atom. The van der Waals surface area contributed by atoms with Crippen LogP contribution >= 0.6 is 35.1 Å². The fourth-order valence-corrected chi connectivity index (χ4v) is 3.72. The summed E-state index contributed by atoms with van der Waals surface area (Å²) in [5, 5.41) is 11.9. The van der Waals surface area contributed by atoms with Gasteiger partial charge in [-0.3, -0.25) is 0 Å². The summed E-state index contributed by atoms with van der Waals surface area (Å²) in [6, 6.07) is 16.0. The third kappa shape index (κ3) is 3.55. The number of hydrogen-bond acceptors (Lipinski definition) is 3. The first kappa shape index (κ1) is 16.0. The minimum atomic E-state index is -0.943. The first-order valence-corrected chi connectivity index (χ1v) is 8.26. The Balaban J connectivity index is 1.94. The second-order valence-electron chi connectivity index (χ2n) is 4.82. The summed E-state index contributed by atoms with van der Waals surface area (Å²) in [5.41, 5.74) is 1.11. The van der Waals surface area contributed by atoms with Gasteiger partial charge in [0.2, 0.25) is 0 Å². The van der Waals surface area contributed by atoms with Gasteiger partial charge in [0.25, 0.3) is 0 Å². The lowest BCUT2D eigenvalue weighted by atomic mass is 10.0. The third-order valence-electron chi connectivity index (χ3n) is 3.27. The average molecular weight is 364 g/mol. The van der Waals surface area contributed by atoms with Crippen LogP contribution in [-0.2, 0) is 0 Å². The van der Waals surface area contributed by atoms with Crippen LogP contribution in [0.3, 0.4) is 0 Å². The minimum absolute atomic E-state index is 0.280. The number of aromatic carboxylic acids is 1. The van der Waals surface area contributed by atoms with Crippen molar-refractivity contribution in [1.82, 2.24) is 0 Å². The molecular formula is C17H11Cl2NO2S. The molecule has 0 unspecified atom stereocenters. The summed E-state index contributed by atoms with van der Waals surface area (Å²) < 4.78 is 3.23. The quantitative estimate of drug-likeness (QED) is 0.561. The van der Waals surface area contributed by atoms with E-state index in [4.69, 9.17) is 23.2 Å². The van der Waals surface area contributed by atoms with Crippen molar-refractivity contribution in [2.24, 2.45) is 0 Å². The molecule has 23 heavy (non-hydrogen) atoms. The van der Waals surface area contributed by atoms with Crippen LogP contribution < -0.4 is 4.72 Å².